The summed E-state index contributed by atoms with van der Waals surface area (Å²) in [5, 5.41) is 0. The second-order valence-electron chi connectivity index (χ2n) is 8.02. The van der Waals surface area contributed by atoms with Crippen molar-refractivity contribution in [1.82, 2.24) is 19.4 Å². The fourth-order valence-electron chi connectivity index (χ4n) is 4.40. The quantitative estimate of drug-likeness (QED) is 0.660. The summed E-state index contributed by atoms with van der Waals surface area (Å²) in [6.45, 7) is 7.12. The zero-order valence-electron chi connectivity index (χ0n) is 17.4. The lowest BCUT2D eigenvalue weighted by molar-refractivity contribution is 0.0463. The predicted octanol–water partition coefficient (Wildman–Crippen LogP) is 4.38. The van der Waals surface area contributed by atoms with Gasteiger partial charge in [0.1, 0.15) is 11.6 Å². The zero-order chi connectivity index (χ0) is 20.7. The molecule has 0 bridgehead atoms. The Bertz CT molecular complexity index is 1060. The highest BCUT2D eigenvalue weighted by Crippen LogP contribution is 2.26. The van der Waals surface area contributed by atoms with E-state index in [-0.39, 0.29) is 12.1 Å². The van der Waals surface area contributed by atoms with Gasteiger partial charge >= 0.3 is 0 Å². The van der Waals surface area contributed by atoms with E-state index >= 15 is 4.39 Å². The third-order valence-corrected chi connectivity index (χ3v) is 5.86. The smallest absolute Gasteiger partial charge is 0.254 e. The van der Waals surface area contributed by atoms with Crippen molar-refractivity contribution in [3.05, 3.63) is 59.7 Å². The number of nitrogens with zero attached hydrogens (tertiary/aromatic N) is 4. The van der Waals surface area contributed by atoms with E-state index in [1.165, 1.54) is 6.07 Å². The van der Waals surface area contributed by atoms with Crippen LogP contribution in [0.5, 0.6) is 0 Å². The Morgan fingerprint density at radius 2 is 2.00 bits per heavy atom. The van der Waals surface area contributed by atoms with Crippen LogP contribution in [0.4, 0.5) is 4.39 Å². The van der Waals surface area contributed by atoms with E-state index in [0.717, 1.165) is 30.4 Å². The third-order valence-electron chi connectivity index (χ3n) is 5.86. The van der Waals surface area contributed by atoms with Gasteiger partial charge in [0.05, 0.1) is 22.9 Å². The van der Waals surface area contributed by atoms with Crippen molar-refractivity contribution in [3.63, 3.8) is 0 Å². The van der Waals surface area contributed by atoms with E-state index in [4.69, 9.17) is 0 Å². The first-order valence-corrected chi connectivity index (χ1v) is 10.2. The number of aromatic nitrogens is 2. The lowest BCUT2D eigenvalue weighted by Crippen LogP contribution is -2.48. The van der Waals surface area contributed by atoms with Crippen LogP contribution in [0.2, 0.25) is 0 Å². The van der Waals surface area contributed by atoms with E-state index < -0.39 is 5.82 Å². The second kappa shape index (κ2) is 7.59. The average molecular weight is 394 g/mol. The first-order chi connectivity index (χ1) is 13.9. The molecule has 1 amide bonds. The molecule has 1 unspecified atom stereocenters. The van der Waals surface area contributed by atoms with Crippen molar-refractivity contribution in [3.8, 4) is 5.69 Å². The number of imidazole rings is 1. The van der Waals surface area contributed by atoms with Crippen LogP contribution in [0.1, 0.15) is 42.9 Å². The summed E-state index contributed by atoms with van der Waals surface area (Å²) in [6, 6.07) is 12.7. The summed E-state index contributed by atoms with van der Waals surface area (Å²) < 4.78 is 16.9. The van der Waals surface area contributed by atoms with Crippen molar-refractivity contribution in [2.24, 2.45) is 0 Å². The van der Waals surface area contributed by atoms with Crippen molar-refractivity contribution < 1.29 is 9.18 Å². The van der Waals surface area contributed by atoms with Crippen molar-refractivity contribution in [2.45, 2.75) is 45.8 Å². The second-order valence-corrected chi connectivity index (χ2v) is 8.02. The molecule has 0 saturated carbocycles. The number of carbonyl (C=O) groups is 1. The molecule has 0 radical (unpaired) electrons. The molecule has 5 nitrogen and oxygen atoms in total. The minimum Gasteiger partial charge on any atom is -0.326 e. The van der Waals surface area contributed by atoms with Crippen LogP contribution in [0.25, 0.3) is 16.7 Å². The van der Waals surface area contributed by atoms with E-state index in [1.807, 2.05) is 38.2 Å². The topological polar surface area (TPSA) is 41.4 Å². The molecular formula is C23H27FN4O. The molecule has 2 heterocycles. The van der Waals surface area contributed by atoms with Crippen LogP contribution in [0.3, 0.4) is 0 Å². The Hall–Kier alpha value is -2.73. The molecule has 152 valence electrons. The molecule has 2 aromatic carbocycles. The number of carbonyl (C=O) groups excluding carboxylic acids is 1. The average Bonchev–Trinajstić information content (AvgIpc) is 3.31. The number of likely N-dealkylation sites (tertiary alicyclic amines) is 1. The van der Waals surface area contributed by atoms with Gasteiger partial charge in [-0.25, -0.2) is 9.37 Å². The Balaban J connectivity index is 1.65. The molecule has 0 spiro atoms. The molecule has 6 heteroatoms. The van der Waals surface area contributed by atoms with Gasteiger partial charge in [0, 0.05) is 25.2 Å². The molecule has 1 fully saturated rings. The number of hydrogen-bond acceptors (Lipinski definition) is 3. The number of amides is 1. The van der Waals surface area contributed by atoms with Gasteiger partial charge in [0.15, 0.2) is 0 Å². The number of rotatable bonds is 4. The van der Waals surface area contributed by atoms with Gasteiger partial charge in [-0.2, -0.15) is 0 Å². The number of halogens is 1. The monoisotopic (exact) mass is 394 g/mol. The lowest BCUT2D eigenvalue weighted by atomic mass is 10.1. The maximum Gasteiger partial charge on any atom is 0.254 e. The predicted molar refractivity (Wildman–Crippen MR) is 113 cm³/mol. The highest BCUT2D eigenvalue weighted by atomic mass is 19.1. The van der Waals surface area contributed by atoms with Gasteiger partial charge in [-0.3, -0.25) is 14.3 Å². The molecule has 1 aliphatic heterocycles. The van der Waals surface area contributed by atoms with Gasteiger partial charge in [-0.15, -0.1) is 0 Å². The number of para-hydroxylation sites is 2. The van der Waals surface area contributed by atoms with E-state index in [1.54, 1.807) is 21.6 Å². The van der Waals surface area contributed by atoms with E-state index in [0.29, 0.717) is 23.1 Å². The van der Waals surface area contributed by atoms with Crippen molar-refractivity contribution in [1.29, 1.82) is 0 Å². The molecule has 1 saturated heterocycles. The molecular weight excluding hydrogens is 367 g/mol. The van der Waals surface area contributed by atoms with Gasteiger partial charge in [0.25, 0.3) is 5.91 Å². The van der Waals surface area contributed by atoms with Gasteiger partial charge in [-0.05, 0) is 63.9 Å². The summed E-state index contributed by atoms with van der Waals surface area (Å²) in [6.07, 6.45) is 2.08. The first kappa shape index (κ1) is 19.6. The summed E-state index contributed by atoms with van der Waals surface area (Å²) in [5.41, 5.74) is 2.43. The molecule has 0 aliphatic carbocycles. The lowest BCUT2D eigenvalue weighted by Gasteiger charge is -2.35. The standard InChI is InChI=1S/C23H27FN4O/c1-15(2)27-13-7-10-22(27)26(4)23(29)17-11-12-20(18(24)14-17)28-16(3)25-19-8-5-6-9-21(19)28/h5-6,8-9,11-12,14-15,22H,7,10,13H2,1-4H3. The van der Waals surface area contributed by atoms with E-state index in [2.05, 4.69) is 23.7 Å². The number of benzene rings is 2. The van der Waals surface area contributed by atoms with Gasteiger partial charge < -0.3 is 4.90 Å². The fourth-order valence-corrected chi connectivity index (χ4v) is 4.40. The largest absolute Gasteiger partial charge is 0.326 e. The van der Waals surface area contributed by atoms with Crippen LogP contribution in [-0.2, 0) is 0 Å². The fraction of sp³-hybridized carbons (Fsp3) is 0.391. The molecule has 0 N–H and O–H groups in total. The third kappa shape index (κ3) is 3.42. The normalized spacial score (nSPS) is 17.4. The molecule has 3 aromatic rings. The van der Waals surface area contributed by atoms with Crippen LogP contribution >= 0.6 is 0 Å². The van der Waals surface area contributed by atoms with E-state index in [9.17, 15) is 4.79 Å². The number of aryl methyl sites for hydroxylation is 1. The minimum absolute atomic E-state index is 0.0603. The Kier molecular flexibility index (Phi) is 5.13. The van der Waals surface area contributed by atoms with Gasteiger partial charge in [0.2, 0.25) is 0 Å². The number of fused-ring (bicyclic) bond motifs is 1. The molecule has 1 aromatic heterocycles. The SMILES string of the molecule is Cc1nc2ccccc2n1-c1ccc(C(=O)N(C)C2CCCN2C(C)C)cc1F. The Labute approximate surface area is 170 Å². The van der Waals surface area contributed by atoms with Crippen LogP contribution in [0.15, 0.2) is 42.5 Å². The van der Waals surface area contributed by atoms with Crippen LogP contribution in [-0.4, -0.2) is 51.1 Å². The molecule has 1 aliphatic rings. The maximum atomic E-state index is 15.1. The van der Waals surface area contributed by atoms with Gasteiger partial charge in [-0.1, -0.05) is 12.1 Å². The maximum absolute atomic E-state index is 15.1. The highest BCUT2D eigenvalue weighted by molar-refractivity contribution is 5.94. The number of hydrogen-bond donors (Lipinski definition) is 0. The molecule has 29 heavy (non-hydrogen) atoms. The molecule has 4 rings (SSSR count). The Morgan fingerprint density at radius 1 is 1.24 bits per heavy atom. The van der Waals surface area contributed by atoms with Crippen molar-refractivity contribution in [2.75, 3.05) is 13.6 Å². The Morgan fingerprint density at radius 3 is 2.72 bits per heavy atom. The van der Waals surface area contributed by atoms with Crippen molar-refractivity contribution >= 4 is 16.9 Å². The summed E-state index contributed by atoms with van der Waals surface area (Å²) in [5.74, 6) is 0.127. The van der Waals surface area contributed by atoms with Crippen LogP contribution < -0.4 is 0 Å². The van der Waals surface area contributed by atoms with Crippen LogP contribution in [0, 0.1) is 12.7 Å². The summed E-state index contributed by atoms with van der Waals surface area (Å²) in [7, 11) is 1.81. The summed E-state index contributed by atoms with van der Waals surface area (Å²) >= 11 is 0. The first-order valence-electron chi connectivity index (χ1n) is 10.2. The molecule has 1 atom stereocenters. The zero-order valence-corrected chi connectivity index (χ0v) is 17.4. The summed E-state index contributed by atoms with van der Waals surface area (Å²) in [4.78, 5) is 21.6. The highest BCUT2D eigenvalue weighted by Gasteiger charge is 2.32. The minimum atomic E-state index is -0.428.